The van der Waals surface area contributed by atoms with Gasteiger partial charge in [-0.2, -0.15) is 0 Å². The van der Waals surface area contributed by atoms with Gasteiger partial charge in [-0.25, -0.2) is 4.98 Å². The molecule has 3 nitrogen and oxygen atoms in total. The molecule has 0 saturated heterocycles. The van der Waals surface area contributed by atoms with Crippen LogP contribution in [0.25, 0.3) is 21.8 Å². The average Bonchev–Trinajstić information content (AvgIpc) is 3.30. The zero-order chi connectivity index (χ0) is 24.2. The highest BCUT2D eigenvalue weighted by molar-refractivity contribution is 7.13. The van der Waals surface area contributed by atoms with Crippen molar-refractivity contribution in [1.29, 1.82) is 0 Å². The molecule has 0 amide bonds. The molecule has 2 heterocycles. The smallest absolute Gasteiger partial charge is 0.262 e. The molecule has 0 aliphatic carbocycles. The predicted octanol–water partition coefficient (Wildman–Crippen LogP) is 7.09. The second-order valence-corrected chi connectivity index (χ2v) is 9.81. The van der Waals surface area contributed by atoms with Gasteiger partial charge in [-0.1, -0.05) is 84.9 Å². The number of aromatic nitrogens is 2. The summed E-state index contributed by atoms with van der Waals surface area (Å²) in [7, 11) is 0. The van der Waals surface area contributed by atoms with Gasteiger partial charge in [-0.3, -0.25) is 9.36 Å². The van der Waals surface area contributed by atoms with Gasteiger partial charge in [0.1, 0.15) is 5.82 Å². The number of rotatable bonds is 7. The van der Waals surface area contributed by atoms with Crippen LogP contribution in [0.3, 0.4) is 0 Å². The standard InChI is InChI=1S/C31H28N2OS/c1-22-19-28(35-21-22)29-23(2)32-30(33(31(29)34)18-17-24-11-5-3-6-12-24)27-16-10-9-15-26(27)20-25-13-7-4-8-14-25/h3-16,19,21H,17-18,20H2,1-2H3. The Morgan fingerprint density at radius 1 is 0.829 bits per heavy atom. The third-order valence-electron chi connectivity index (χ3n) is 6.29. The van der Waals surface area contributed by atoms with Gasteiger partial charge in [-0.05, 0) is 60.4 Å². The Hall–Kier alpha value is -3.76. The van der Waals surface area contributed by atoms with Crippen molar-refractivity contribution in [2.45, 2.75) is 33.2 Å². The number of benzene rings is 3. The van der Waals surface area contributed by atoms with Crippen molar-refractivity contribution in [2.24, 2.45) is 0 Å². The van der Waals surface area contributed by atoms with Gasteiger partial charge in [0.2, 0.25) is 0 Å². The summed E-state index contributed by atoms with van der Waals surface area (Å²) in [4.78, 5) is 20.1. The molecule has 0 spiro atoms. The topological polar surface area (TPSA) is 34.9 Å². The summed E-state index contributed by atoms with van der Waals surface area (Å²) in [5.74, 6) is 0.743. The molecule has 5 rings (SSSR count). The van der Waals surface area contributed by atoms with Gasteiger partial charge in [0.25, 0.3) is 5.56 Å². The van der Waals surface area contributed by atoms with Crippen LogP contribution in [0.2, 0.25) is 0 Å². The number of thiophene rings is 1. The molecule has 4 heteroatoms. The molecular formula is C31H28N2OS. The van der Waals surface area contributed by atoms with Crippen LogP contribution in [0, 0.1) is 13.8 Å². The summed E-state index contributed by atoms with van der Waals surface area (Å²) >= 11 is 1.61. The Balaban J connectivity index is 1.65. The van der Waals surface area contributed by atoms with Crippen LogP contribution in [-0.2, 0) is 19.4 Å². The lowest BCUT2D eigenvalue weighted by molar-refractivity contribution is 0.662. The molecule has 5 aromatic rings. The molecule has 35 heavy (non-hydrogen) atoms. The zero-order valence-electron chi connectivity index (χ0n) is 20.1. The van der Waals surface area contributed by atoms with E-state index in [9.17, 15) is 4.79 Å². The summed E-state index contributed by atoms with van der Waals surface area (Å²) in [5.41, 5.74) is 7.30. The number of nitrogens with zero attached hydrogens (tertiary/aromatic N) is 2. The highest BCUT2D eigenvalue weighted by atomic mass is 32.1. The van der Waals surface area contributed by atoms with Crippen molar-refractivity contribution in [1.82, 2.24) is 9.55 Å². The van der Waals surface area contributed by atoms with Gasteiger partial charge in [0, 0.05) is 17.0 Å². The first kappa shape index (κ1) is 23.0. The van der Waals surface area contributed by atoms with E-state index in [0.29, 0.717) is 12.1 Å². The maximum atomic E-state index is 14.0. The lowest BCUT2D eigenvalue weighted by Gasteiger charge is -2.18. The molecule has 0 atom stereocenters. The van der Waals surface area contributed by atoms with Gasteiger partial charge in [0.15, 0.2) is 0 Å². The van der Waals surface area contributed by atoms with E-state index in [2.05, 4.69) is 73.0 Å². The van der Waals surface area contributed by atoms with E-state index in [1.807, 2.05) is 41.8 Å². The number of hydrogen-bond acceptors (Lipinski definition) is 3. The molecule has 0 fully saturated rings. The van der Waals surface area contributed by atoms with E-state index in [0.717, 1.165) is 45.9 Å². The van der Waals surface area contributed by atoms with E-state index in [-0.39, 0.29) is 5.56 Å². The van der Waals surface area contributed by atoms with E-state index in [4.69, 9.17) is 4.98 Å². The molecule has 0 unspecified atom stereocenters. The Kier molecular flexibility index (Phi) is 6.73. The van der Waals surface area contributed by atoms with Gasteiger partial charge in [0.05, 0.1) is 11.3 Å². The van der Waals surface area contributed by atoms with Crippen molar-refractivity contribution in [3.8, 4) is 21.8 Å². The van der Waals surface area contributed by atoms with Crippen LogP contribution < -0.4 is 5.56 Å². The van der Waals surface area contributed by atoms with Crippen molar-refractivity contribution >= 4 is 11.3 Å². The van der Waals surface area contributed by atoms with Crippen LogP contribution in [0.4, 0.5) is 0 Å². The molecule has 0 radical (unpaired) electrons. The van der Waals surface area contributed by atoms with Crippen LogP contribution in [-0.4, -0.2) is 9.55 Å². The lowest BCUT2D eigenvalue weighted by atomic mass is 9.98. The number of hydrogen-bond donors (Lipinski definition) is 0. The van der Waals surface area contributed by atoms with E-state index < -0.39 is 0 Å². The van der Waals surface area contributed by atoms with E-state index >= 15 is 0 Å². The molecule has 0 aliphatic rings. The van der Waals surface area contributed by atoms with Crippen LogP contribution in [0.1, 0.15) is 27.9 Å². The minimum atomic E-state index is 0.0276. The molecule has 174 valence electrons. The average molecular weight is 477 g/mol. The van der Waals surface area contributed by atoms with Crippen molar-refractivity contribution in [3.63, 3.8) is 0 Å². The van der Waals surface area contributed by atoms with Crippen LogP contribution in [0.5, 0.6) is 0 Å². The monoisotopic (exact) mass is 476 g/mol. The van der Waals surface area contributed by atoms with E-state index in [1.165, 1.54) is 11.1 Å². The predicted molar refractivity (Wildman–Crippen MR) is 146 cm³/mol. The summed E-state index contributed by atoms with van der Waals surface area (Å²) in [6.07, 6.45) is 1.55. The quantitative estimate of drug-likeness (QED) is 0.251. The third kappa shape index (κ3) is 5.03. The Morgan fingerprint density at radius 3 is 2.17 bits per heavy atom. The summed E-state index contributed by atoms with van der Waals surface area (Å²) < 4.78 is 1.88. The highest BCUT2D eigenvalue weighted by Crippen LogP contribution is 2.30. The number of aryl methyl sites for hydroxylation is 3. The first-order valence-electron chi connectivity index (χ1n) is 11.9. The molecule has 3 aromatic carbocycles. The maximum absolute atomic E-state index is 14.0. The molecule has 2 aromatic heterocycles. The second-order valence-electron chi connectivity index (χ2n) is 8.90. The molecule has 0 saturated carbocycles. The summed E-state index contributed by atoms with van der Waals surface area (Å²) in [6.45, 7) is 4.59. The van der Waals surface area contributed by atoms with Crippen molar-refractivity contribution in [2.75, 3.05) is 0 Å². The maximum Gasteiger partial charge on any atom is 0.262 e. The second kappa shape index (κ2) is 10.2. The highest BCUT2D eigenvalue weighted by Gasteiger charge is 2.20. The zero-order valence-corrected chi connectivity index (χ0v) is 20.9. The minimum absolute atomic E-state index is 0.0276. The largest absolute Gasteiger partial charge is 0.292 e. The van der Waals surface area contributed by atoms with Gasteiger partial charge < -0.3 is 0 Å². The lowest BCUT2D eigenvalue weighted by Crippen LogP contribution is -2.27. The molecule has 0 bridgehead atoms. The summed E-state index contributed by atoms with van der Waals surface area (Å²) in [5, 5.41) is 2.09. The Bertz CT molecular complexity index is 1500. The van der Waals surface area contributed by atoms with Crippen LogP contribution >= 0.6 is 11.3 Å². The fraction of sp³-hybridized carbons (Fsp3) is 0.161. The Labute approximate surface area is 210 Å². The van der Waals surface area contributed by atoms with Gasteiger partial charge in [-0.15, -0.1) is 11.3 Å². The third-order valence-corrected chi connectivity index (χ3v) is 7.36. The first-order chi connectivity index (χ1) is 17.1. The molecule has 0 N–H and O–H groups in total. The summed E-state index contributed by atoms with van der Waals surface area (Å²) in [6, 6.07) is 31.2. The SMILES string of the molecule is Cc1csc(-c2c(C)nc(-c3ccccc3Cc3ccccc3)n(CCc3ccccc3)c2=O)c1. The fourth-order valence-corrected chi connectivity index (χ4v) is 5.50. The molecule has 0 aliphatic heterocycles. The van der Waals surface area contributed by atoms with Gasteiger partial charge >= 0.3 is 0 Å². The molecular weight excluding hydrogens is 448 g/mol. The fourth-order valence-electron chi connectivity index (χ4n) is 4.51. The van der Waals surface area contributed by atoms with Crippen LogP contribution in [0.15, 0.2) is 101 Å². The van der Waals surface area contributed by atoms with Crippen molar-refractivity contribution < 1.29 is 0 Å². The minimum Gasteiger partial charge on any atom is -0.292 e. The van der Waals surface area contributed by atoms with E-state index in [1.54, 1.807) is 11.3 Å². The Morgan fingerprint density at radius 2 is 1.49 bits per heavy atom. The van der Waals surface area contributed by atoms with Crippen molar-refractivity contribution in [3.05, 3.63) is 135 Å². The normalized spacial score (nSPS) is 11.0. The first-order valence-corrected chi connectivity index (χ1v) is 12.8.